The number of rotatable bonds is 7. The van der Waals surface area contributed by atoms with Gasteiger partial charge in [-0.2, -0.15) is 5.26 Å². The largest absolute Gasteiger partial charge is 0.489 e. The molecule has 0 heterocycles. The van der Waals surface area contributed by atoms with Crippen LogP contribution >= 0.6 is 0 Å². The smallest absolute Gasteiger partial charge is 0.226 e. The molecular weight excluding hydrogens is 393 g/mol. The maximum atomic E-state index is 13.2. The average Bonchev–Trinajstić information content (AvgIpc) is 3.28. The Hall–Kier alpha value is -2.39. The topological polar surface area (TPSA) is 88.1 Å². The molecule has 2 unspecified atom stereocenters. The van der Waals surface area contributed by atoms with Crippen molar-refractivity contribution in [2.24, 2.45) is 17.1 Å². The summed E-state index contributed by atoms with van der Waals surface area (Å²) >= 11 is 0. The van der Waals surface area contributed by atoms with E-state index < -0.39 is 0 Å². The highest BCUT2D eigenvalue weighted by molar-refractivity contribution is 5.83. The lowest BCUT2D eigenvalue weighted by atomic mass is 9.51. The second-order valence-corrected chi connectivity index (χ2v) is 9.59. The number of carbonyl (C=O) groups excluding carboxylic acids is 1. The van der Waals surface area contributed by atoms with Crippen molar-refractivity contribution in [2.45, 2.75) is 69.2 Å². The molecular formula is C25H32FN3O2. The van der Waals surface area contributed by atoms with Gasteiger partial charge in [-0.05, 0) is 80.9 Å². The molecule has 0 saturated heterocycles. The Morgan fingerprint density at radius 1 is 1.19 bits per heavy atom. The molecule has 5 rings (SSSR count). The van der Waals surface area contributed by atoms with Crippen molar-refractivity contribution < 1.29 is 13.9 Å². The fourth-order valence-corrected chi connectivity index (χ4v) is 5.78. The van der Waals surface area contributed by atoms with Crippen LogP contribution in [0.5, 0.6) is 5.75 Å². The van der Waals surface area contributed by atoms with Crippen LogP contribution in [0.25, 0.3) is 0 Å². The summed E-state index contributed by atoms with van der Waals surface area (Å²) in [5.74, 6) is 0.846. The fraction of sp³-hybridized carbons (Fsp3) is 0.600. The van der Waals surface area contributed by atoms with Gasteiger partial charge in [0.2, 0.25) is 5.91 Å². The van der Waals surface area contributed by atoms with E-state index in [9.17, 15) is 14.4 Å². The number of halogens is 1. The molecule has 3 N–H and O–H groups in total. The van der Waals surface area contributed by atoms with E-state index in [1.807, 2.05) is 12.1 Å². The number of amides is 1. The first-order chi connectivity index (χ1) is 15.0. The molecule has 4 aliphatic carbocycles. The van der Waals surface area contributed by atoms with E-state index in [-0.39, 0.29) is 41.8 Å². The standard InChI is InChI=1S/C25H32FN3O2/c26-14-18(15-27)17-31-21-6-4-20(5-7-21)24-8-11-25(12-9-24,13-10-24)23(30)29-22-3-1-2-19(22)16-28/h4-7,14,19,22H,1-3,8-13,15,17,27H2,(H,29,30)/b18-14+. The summed E-state index contributed by atoms with van der Waals surface area (Å²) in [6.45, 7) is 0.299. The van der Waals surface area contributed by atoms with Gasteiger partial charge in [0.05, 0.1) is 18.3 Å². The molecule has 6 heteroatoms. The highest BCUT2D eigenvalue weighted by Gasteiger charge is 2.53. The van der Waals surface area contributed by atoms with Crippen LogP contribution in [-0.2, 0) is 10.2 Å². The number of nitrogens with two attached hydrogens (primary N) is 1. The minimum Gasteiger partial charge on any atom is -0.489 e. The number of carbonyl (C=O) groups is 1. The average molecular weight is 426 g/mol. The van der Waals surface area contributed by atoms with Crippen LogP contribution in [0.4, 0.5) is 4.39 Å². The van der Waals surface area contributed by atoms with Gasteiger partial charge in [-0.15, -0.1) is 0 Å². The maximum absolute atomic E-state index is 13.2. The van der Waals surface area contributed by atoms with Crippen LogP contribution < -0.4 is 15.8 Å². The van der Waals surface area contributed by atoms with Gasteiger partial charge >= 0.3 is 0 Å². The summed E-state index contributed by atoms with van der Waals surface area (Å²) in [4.78, 5) is 13.2. The van der Waals surface area contributed by atoms with E-state index in [2.05, 4.69) is 23.5 Å². The van der Waals surface area contributed by atoms with Crippen LogP contribution in [0.1, 0.15) is 63.4 Å². The highest BCUT2D eigenvalue weighted by Crippen LogP contribution is 2.58. The van der Waals surface area contributed by atoms with Crippen LogP contribution in [0, 0.1) is 22.7 Å². The van der Waals surface area contributed by atoms with Crippen molar-refractivity contribution in [2.75, 3.05) is 13.2 Å². The number of hydrogen-bond acceptors (Lipinski definition) is 4. The number of hydrogen-bond donors (Lipinski definition) is 2. The fourth-order valence-electron chi connectivity index (χ4n) is 5.78. The lowest BCUT2D eigenvalue weighted by molar-refractivity contribution is -0.138. The van der Waals surface area contributed by atoms with Crippen molar-refractivity contribution in [3.05, 3.63) is 41.7 Å². The molecule has 2 atom stereocenters. The number of nitrogens with one attached hydrogen (secondary N) is 1. The summed E-state index contributed by atoms with van der Waals surface area (Å²) in [5.41, 5.74) is 7.07. The van der Waals surface area contributed by atoms with Crippen LogP contribution in [0.15, 0.2) is 36.2 Å². The van der Waals surface area contributed by atoms with Crippen molar-refractivity contribution in [1.82, 2.24) is 5.32 Å². The van der Waals surface area contributed by atoms with E-state index in [4.69, 9.17) is 10.5 Å². The molecule has 0 radical (unpaired) electrons. The van der Waals surface area contributed by atoms with Gasteiger partial charge < -0.3 is 15.8 Å². The van der Waals surface area contributed by atoms with Gasteiger partial charge in [0.25, 0.3) is 0 Å². The Morgan fingerprint density at radius 3 is 2.45 bits per heavy atom. The van der Waals surface area contributed by atoms with Crippen molar-refractivity contribution in [1.29, 1.82) is 5.26 Å². The molecule has 4 aliphatic rings. The summed E-state index contributed by atoms with van der Waals surface area (Å²) in [7, 11) is 0. The van der Waals surface area contributed by atoms with Crippen molar-refractivity contribution in [3.8, 4) is 11.8 Å². The zero-order valence-corrected chi connectivity index (χ0v) is 18.0. The second-order valence-electron chi connectivity index (χ2n) is 9.59. The first-order valence-electron chi connectivity index (χ1n) is 11.5. The summed E-state index contributed by atoms with van der Waals surface area (Å²) < 4.78 is 18.3. The molecule has 1 aromatic rings. The molecule has 4 saturated carbocycles. The first kappa shape index (κ1) is 21.8. The molecule has 1 aromatic carbocycles. The summed E-state index contributed by atoms with van der Waals surface area (Å²) in [6.07, 6.45) is 9.09. The van der Waals surface area contributed by atoms with E-state index in [1.165, 1.54) is 5.56 Å². The predicted octanol–water partition coefficient (Wildman–Crippen LogP) is 4.28. The number of nitrogens with zero attached hydrogens (tertiary/aromatic N) is 1. The third-order valence-electron chi connectivity index (χ3n) is 8.03. The van der Waals surface area contributed by atoms with E-state index in [1.54, 1.807) is 0 Å². The number of nitriles is 1. The van der Waals surface area contributed by atoms with Crippen LogP contribution in [0.2, 0.25) is 0 Å². The van der Waals surface area contributed by atoms with Gasteiger partial charge in [0.1, 0.15) is 12.4 Å². The zero-order valence-electron chi connectivity index (χ0n) is 18.0. The Kier molecular flexibility index (Phi) is 6.34. The molecule has 0 aliphatic heterocycles. The quantitative estimate of drug-likeness (QED) is 0.683. The normalized spacial score (nSPS) is 32.5. The molecule has 5 nitrogen and oxygen atoms in total. The monoisotopic (exact) mass is 425 g/mol. The molecule has 166 valence electrons. The van der Waals surface area contributed by atoms with Crippen molar-refractivity contribution >= 4 is 5.91 Å². The minimum atomic E-state index is -0.259. The summed E-state index contributed by atoms with van der Waals surface area (Å²) in [6, 6.07) is 10.5. The molecule has 1 amide bonds. The predicted molar refractivity (Wildman–Crippen MR) is 117 cm³/mol. The highest BCUT2D eigenvalue weighted by atomic mass is 19.1. The van der Waals surface area contributed by atoms with Gasteiger partial charge in [0, 0.05) is 23.6 Å². The Morgan fingerprint density at radius 2 is 1.87 bits per heavy atom. The Bertz CT molecular complexity index is 849. The Labute approximate surface area is 183 Å². The summed E-state index contributed by atoms with van der Waals surface area (Å²) in [5, 5.41) is 12.6. The second kappa shape index (κ2) is 9.00. The third-order valence-corrected chi connectivity index (χ3v) is 8.03. The van der Waals surface area contributed by atoms with Gasteiger partial charge in [-0.1, -0.05) is 12.1 Å². The number of fused-ring (bicyclic) bond motifs is 3. The molecule has 0 aromatic heterocycles. The molecule has 31 heavy (non-hydrogen) atoms. The third kappa shape index (κ3) is 4.21. The minimum absolute atomic E-state index is 0.0278. The van der Waals surface area contributed by atoms with Crippen molar-refractivity contribution in [3.63, 3.8) is 0 Å². The van der Waals surface area contributed by atoms with E-state index in [0.29, 0.717) is 17.7 Å². The van der Waals surface area contributed by atoms with Gasteiger partial charge in [-0.3, -0.25) is 4.79 Å². The van der Waals surface area contributed by atoms with Gasteiger partial charge in [0.15, 0.2) is 0 Å². The van der Waals surface area contributed by atoms with Gasteiger partial charge in [-0.25, -0.2) is 4.39 Å². The SMILES string of the molecule is N#CC1CCCC1NC(=O)C12CCC(c3ccc(OC/C(=C/F)CN)cc3)(CC1)CC2. The maximum Gasteiger partial charge on any atom is 0.226 e. The zero-order chi connectivity index (χ0) is 21.9. The first-order valence-corrected chi connectivity index (χ1v) is 11.5. The molecule has 4 fully saturated rings. The number of ether oxygens (including phenoxy) is 1. The molecule has 2 bridgehead atoms. The van der Waals surface area contributed by atoms with Crippen LogP contribution in [0.3, 0.4) is 0 Å². The van der Waals surface area contributed by atoms with E-state index >= 15 is 0 Å². The number of benzene rings is 1. The molecule has 0 spiro atoms. The lowest BCUT2D eigenvalue weighted by Gasteiger charge is -2.53. The Balaban J connectivity index is 1.37. The lowest BCUT2D eigenvalue weighted by Crippen LogP contribution is -2.53. The van der Waals surface area contributed by atoms with Crippen LogP contribution in [-0.4, -0.2) is 25.1 Å². The van der Waals surface area contributed by atoms with E-state index in [0.717, 1.165) is 57.8 Å².